The van der Waals surface area contributed by atoms with Gasteiger partial charge in [0.2, 0.25) is 0 Å². The molecule has 0 saturated carbocycles. The normalized spacial score (nSPS) is 14.6. The molecule has 2 atom stereocenters. The molecule has 2 nitrogen and oxygen atoms in total. The van der Waals surface area contributed by atoms with E-state index in [-0.39, 0.29) is 0 Å². The zero-order valence-corrected chi connectivity index (χ0v) is 13.4. The molecule has 0 aliphatic carbocycles. The first-order valence-corrected chi connectivity index (χ1v) is 7.66. The van der Waals surface area contributed by atoms with Crippen LogP contribution < -0.4 is 5.32 Å². The molecule has 0 spiro atoms. The third-order valence-electron chi connectivity index (χ3n) is 3.80. The van der Waals surface area contributed by atoms with Crippen molar-refractivity contribution in [2.24, 2.45) is 0 Å². The molecule has 19 heavy (non-hydrogen) atoms. The molecule has 0 bridgehead atoms. The van der Waals surface area contributed by atoms with Gasteiger partial charge in [-0.3, -0.25) is 4.90 Å². The van der Waals surface area contributed by atoms with Gasteiger partial charge in [-0.15, -0.1) is 0 Å². The van der Waals surface area contributed by atoms with Crippen molar-refractivity contribution >= 4 is 11.6 Å². The van der Waals surface area contributed by atoms with E-state index in [1.807, 2.05) is 12.1 Å². The Morgan fingerprint density at radius 3 is 2.63 bits per heavy atom. The Hall–Kier alpha value is -0.570. The molecule has 0 fully saturated rings. The van der Waals surface area contributed by atoms with Crippen molar-refractivity contribution in [1.29, 1.82) is 0 Å². The lowest BCUT2D eigenvalue weighted by atomic mass is 10.0. The topological polar surface area (TPSA) is 15.3 Å². The van der Waals surface area contributed by atoms with Crippen molar-refractivity contribution in [2.75, 3.05) is 20.1 Å². The van der Waals surface area contributed by atoms with Crippen molar-refractivity contribution in [3.8, 4) is 0 Å². The highest BCUT2D eigenvalue weighted by molar-refractivity contribution is 6.30. The molecule has 1 N–H and O–H groups in total. The van der Waals surface area contributed by atoms with Gasteiger partial charge < -0.3 is 5.32 Å². The van der Waals surface area contributed by atoms with Crippen LogP contribution in [0.3, 0.4) is 0 Å². The maximum absolute atomic E-state index is 6.08. The smallest absolute Gasteiger partial charge is 0.0409 e. The molecule has 0 saturated heterocycles. The molecule has 0 heterocycles. The number of rotatable bonds is 8. The summed E-state index contributed by atoms with van der Waals surface area (Å²) in [5, 5.41) is 4.33. The van der Waals surface area contributed by atoms with Gasteiger partial charge in [0, 0.05) is 23.7 Å². The van der Waals surface area contributed by atoms with Crippen molar-refractivity contribution in [3.05, 3.63) is 34.9 Å². The third-order valence-corrected chi connectivity index (χ3v) is 4.03. The molecule has 3 heteroatoms. The highest BCUT2D eigenvalue weighted by atomic mass is 35.5. The van der Waals surface area contributed by atoms with Gasteiger partial charge in [0.25, 0.3) is 0 Å². The first-order valence-electron chi connectivity index (χ1n) is 7.28. The summed E-state index contributed by atoms with van der Waals surface area (Å²) in [6.45, 7) is 8.83. The van der Waals surface area contributed by atoms with Gasteiger partial charge in [0.05, 0.1) is 0 Å². The van der Waals surface area contributed by atoms with E-state index in [9.17, 15) is 0 Å². The molecule has 0 aromatic heterocycles. The van der Waals surface area contributed by atoms with Gasteiger partial charge in [-0.2, -0.15) is 0 Å². The minimum absolute atomic E-state index is 0.382. The van der Waals surface area contributed by atoms with Crippen LogP contribution in [0.25, 0.3) is 0 Å². The van der Waals surface area contributed by atoms with E-state index in [4.69, 9.17) is 11.6 Å². The Bertz CT molecular complexity index is 368. The van der Waals surface area contributed by atoms with Crippen molar-refractivity contribution in [3.63, 3.8) is 0 Å². The van der Waals surface area contributed by atoms with E-state index < -0.39 is 0 Å². The van der Waals surface area contributed by atoms with Crippen LogP contribution in [-0.4, -0.2) is 31.1 Å². The average molecular weight is 283 g/mol. The van der Waals surface area contributed by atoms with E-state index in [1.165, 1.54) is 12.0 Å². The van der Waals surface area contributed by atoms with Crippen molar-refractivity contribution in [1.82, 2.24) is 10.2 Å². The molecule has 0 radical (unpaired) electrons. The van der Waals surface area contributed by atoms with Crippen LogP contribution in [0, 0.1) is 0 Å². The summed E-state index contributed by atoms with van der Waals surface area (Å²) in [5.74, 6) is 0. The third kappa shape index (κ3) is 5.13. The molecule has 1 aromatic rings. The summed E-state index contributed by atoms with van der Waals surface area (Å²) >= 11 is 6.08. The lowest BCUT2D eigenvalue weighted by Crippen LogP contribution is -2.41. The number of nitrogens with zero attached hydrogens (tertiary/aromatic N) is 1. The lowest BCUT2D eigenvalue weighted by molar-refractivity contribution is 0.176. The molecule has 0 aliphatic heterocycles. The zero-order chi connectivity index (χ0) is 14.3. The monoisotopic (exact) mass is 282 g/mol. The Morgan fingerprint density at radius 2 is 2.05 bits per heavy atom. The quantitative estimate of drug-likeness (QED) is 0.722. The summed E-state index contributed by atoms with van der Waals surface area (Å²) in [6.07, 6.45) is 2.34. The van der Waals surface area contributed by atoms with Gasteiger partial charge in [-0.05, 0) is 51.1 Å². The second-order valence-corrected chi connectivity index (χ2v) is 5.60. The minimum Gasteiger partial charge on any atom is -0.315 e. The van der Waals surface area contributed by atoms with Crippen molar-refractivity contribution in [2.45, 2.75) is 45.7 Å². The van der Waals surface area contributed by atoms with Crippen molar-refractivity contribution < 1.29 is 0 Å². The minimum atomic E-state index is 0.382. The molecule has 2 unspecified atom stereocenters. The molecular weight excluding hydrogens is 256 g/mol. The maximum atomic E-state index is 6.08. The predicted octanol–water partition coefficient (Wildman–Crippen LogP) is 4.11. The van der Waals surface area contributed by atoms with E-state index in [2.05, 4.69) is 50.2 Å². The second kappa shape index (κ2) is 8.57. The average Bonchev–Trinajstić information content (AvgIpc) is 2.42. The summed E-state index contributed by atoms with van der Waals surface area (Å²) in [7, 11) is 2.20. The van der Waals surface area contributed by atoms with Gasteiger partial charge in [0.1, 0.15) is 0 Å². The molecule has 0 aliphatic rings. The highest BCUT2D eigenvalue weighted by Crippen LogP contribution is 2.24. The van der Waals surface area contributed by atoms with E-state index in [0.717, 1.165) is 24.5 Å². The second-order valence-electron chi connectivity index (χ2n) is 5.16. The fourth-order valence-corrected chi connectivity index (χ4v) is 2.54. The molecule has 1 aromatic carbocycles. The molecule has 1 rings (SSSR count). The van der Waals surface area contributed by atoms with Gasteiger partial charge in [-0.1, -0.05) is 37.6 Å². The summed E-state index contributed by atoms with van der Waals surface area (Å²) in [5.41, 5.74) is 1.28. The summed E-state index contributed by atoms with van der Waals surface area (Å²) in [6, 6.07) is 9.11. The molecule has 108 valence electrons. The van der Waals surface area contributed by atoms with Crippen LogP contribution >= 0.6 is 11.6 Å². The van der Waals surface area contributed by atoms with E-state index >= 15 is 0 Å². The number of hydrogen-bond donors (Lipinski definition) is 1. The van der Waals surface area contributed by atoms with Gasteiger partial charge in [-0.25, -0.2) is 0 Å². The Balaban J connectivity index is 2.65. The number of likely N-dealkylation sites (N-methyl/N-ethyl adjacent to an activating group) is 1. The van der Waals surface area contributed by atoms with E-state index in [0.29, 0.717) is 12.1 Å². The van der Waals surface area contributed by atoms with Crippen LogP contribution in [0.5, 0.6) is 0 Å². The summed E-state index contributed by atoms with van der Waals surface area (Å²) < 4.78 is 0. The maximum Gasteiger partial charge on any atom is 0.0409 e. The van der Waals surface area contributed by atoms with Gasteiger partial charge >= 0.3 is 0 Å². The number of benzene rings is 1. The van der Waals surface area contributed by atoms with Gasteiger partial charge in [0.15, 0.2) is 0 Å². The first-order chi connectivity index (χ1) is 9.10. The van der Waals surface area contributed by atoms with Crippen LogP contribution in [0.2, 0.25) is 5.02 Å². The lowest BCUT2D eigenvalue weighted by Gasteiger charge is -2.33. The fourth-order valence-electron chi connectivity index (χ4n) is 2.34. The standard InChI is InChI=1S/C16H27ClN2/c1-5-10-18-12-16(6-2)19(4)13(3)14-8-7-9-15(17)11-14/h7-9,11,13,16,18H,5-6,10,12H2,1-4H3. The number of halogens is 1. The zero-order valence-electron chi connectivity index (χ0n) is 12.6. The Morgan fingerprint density at radius 1 is 1.32 bits per heavy atom. The fraction of sp³-hybridized carbons (Fsp3) is 0.625. The first kappa shape index (κ1) is 16.5. The summed E-state index contributed by atoms with van der Waals surface area (Å²) in [4.78, 5) is 2.44. The van der Waals surface area contributed by atoms with Crippen LogP contribution in [0.4, 0.5) is 0 Å². The number of nitrogens with one attached hydrogen (secondary N) is 1. The van der Waals surface area contributed by atoms with E-state index in [1.54, 1.807) is 0 Å². The van der Waals surface area contributed by atoms with Crippen LogP contribution in [-0.2, 0) is 0 Å². The molecule has 0 amide bonds. The number of hydrogen-bond acceptors (Lipinski definition) is 2. The van der Waals surface area contributed by atoms with Crippen LogP contribution in [0.15, 0.2) is 24.3 Å². The Kier molecular flexibility index (Phi) is 7.44. The highest BCUT2D eigenvalue weighted by Gasteiger charge is 2.19. The Labute approximate surface area is 123 Å². The SMILES string of the molecule is CCCNCC(CC)N(C)C(C)c1cccc(Cl)c1. The molecular formula is C16H27ClN2. The predicted molar refractivity (Wildman–Crippen MR) is 84.9 cm³/mol. The van der Waals surface area contributed by atoms with Crippen LogP contribution in [0.1, 0.15) is 45.2 Å². The largest absolute Gasteiger partial charge is 0.315 e.